The molecule has 0 amide bonds. The first-order chi connectivity index (χ1) is 26.0. The van der Waals surface area contributed by atoms with E-state index < -0.39 is 0 Å². The summed E-state index contributed by atoms with van der Waals surface area (Å²) in [4.78, 5) is 15.1. The second kappa shape index (κ2) is 12.0. The van der Waals surface area contributed by atoms with Crippen LogP contribution in [0, 0.1) is 0 Å². The molecule has 0 aliphatic rings. The standard InChI is InChI=1S/C47H38N6/c1-29(2)32-16-13-17-33(30(3)4)46(32)47-50-38-23-22-31(26-43(38)53(47)45-21-10-12-25-49-45)51-39-18-7-5-14-34(39)36-27-37-35-15-6-8-19-40(35)52(42(37)28-41(36)51)44-20-9-11-24-48-44/h5-30H,1-4H3. The molecule has 10 rings (SSSR count). The summed E-state index contributed by atoms with van der Waals surface area (Å²) in [5.41, 5.74) is 11.3. The number of hydrogen-bond donors (Lipinski definition) is 0. The van der Waals surface area contributed by atoms with Crippen molar-refractivity contribution in [1.29, 1.82) is 0 Å². The Morgan fingerprint density at radius 1 is 0.434 bits per heavy atom. The Hall–Kier alpha value is -6.53. The third-order valence-electron chi connectivity index (χ3n) is 10.7. The van der Waals surface area contributed by atoms with E-state index in [-0.39, 0.29) is 0 Å². The molecule has 0 aliphatic carbocycles. The van der Waals surface area contributed by atoms with Crippen LogP contribution in [0.2, 0.25) is 0 Å². The zero-order valence-corrected chi connectivity index (χ0v) is 30.2. The van der Waals surface area contributed by atoms with E-state index in [1.165, 1.54) is 38.2 Å². The van der Waals surface area contributed by atoms with Gasteiger partial charge in [0.25, 0.3) is 0 Å². The molecule has 10 aromatic rings. The van der Waals surface area contributed by atoms with Gasteiger partial charge in [-0.2, -0.15) is 0 Å². The van der Waals surface area contributed by atoms with Gasteiger partial charge >= 0.3 is 0 Å². The summed E-state index contributed by atoms with van der Waals surface area (Å²) in [5, 5.41) is 4.84. The van der Waals surface area contributed by atoms with Gasteiger partial charge in [-0.15, -0.1) is 0 Å². The van der Waals surface area contributed by atoms with E-state index >= 15 is 0 Å². The number of pyridine rings is 2. The van der Waals surface area contributed by atoms with Gasteiger partial charge in [-0.1, -0.05) is 94.4 Å². The van der Waals surface area contributed by atoms with E-state index in [2.05, 4.69) is 163 Å². The number of rotatable bonds is 6. The van der Waals surface area contributed by atoms with Gasteiger partial charge in [0.2, 0.25) is 0 Å². The largest absolute Gasteiger partial charge is 0.309 e. The predicted octanol–water partition coefficient (Wildman–Crippen LogP) is 11.9. The normalized spacial score (nSPS) is 12.1. The molecule has 53 heavy (non-hydrogen) atoms. The second-order valence-electron chi connectivity index (χ2n) is 14.5. The molecule has 0 atom stereocenters. The lowest BCUT2D eigenvalue weighted by Crippen LogP contribution is -2.06. The van der Waals surface area contributed by atoms with Crippen molar-refractivity contribution in [3.05, 3.63) is 157 Å². The third kappa shape index (κ3) is 4.75. The van der Waals surface area contributed by atoms with Crippen LogP contribution in [0.4, 0.5) is 0 Å². The number of fused-ring (bicyclic) bond motifs is 7. The van der Waals surface area contributed by atoms with E-state index in [1.54, 1.807) is 0 Å². The molecule has 0 radical (unpaired) electrons. The van der Waals surface area contributed by atoms with Crippen LogP contribution in [0.5, 0.6) is 0 Å². The molecule has 0 saturated carbocycles. The Morgan fingerprint density at radius 2 is 1.00 bits per heavy atom. The number of hydrogen-bond acceptors (Lipinski definition) is 3. The van der Waals surface area contributed by atoms with Gasteiger partial charge in [0.1, 0.15) is 17.5 Å². The van der Waals surface area contributed by atoms with Crippen molar-refractivity contribution in [2.75, 3.05) is 0 Å². The lowest BCUT2D eigenvalue weighted by molar-refractivity contribution is 0.832. The zero-order valence-electron chi connectivity index (χ0n) is 30.2. The maximum atomic E-state index is 5.41. The summed E-state index contributed by atoms with van der Waals surface area (Å²) >= 11 is 0. The molecule has 5 heterocycles. The molecule has 0 N–H and O–H groups in total. The van der Waals surface area contributed by atoms with Crippen molar-refractivity contribution in [2.45, 2.75) is 39.5 Å². The molecule has 0 spiro atoms. The van der Waals surface area contributed by atoms with Crippen LogP contribution in [0.25, 0.3) is 83.4 Å². The Labute approximate surface area is 307 Å². The summed E-state index contributed by atoms with van der Waals surface area (Å²) in [6, 6.07) is 47.7. The molecule has 6 heteroatoms. The minimum Gasteiger partial charge on any atom is -0.309 e. The van der Waals surface area contributed by atoms with Crippen LogP contribution < -0.4 is 0 Å². The predicted molar refractivity (Wildman–Crippen MR) is 219 cm³/mol. The Morgan fingerprint density at radius 3 is 1.60 bits per heavy atom. The van der Waals surface area contributed by atoms with E-state index in [9.17, 15) is 0 Å². The zero-order chi connectivity index (χ0) is 35.8. The monoisotopic (exact) mass is 686 g/mol. The lowest BCUT2D eigenvalue weighted by atomic mass is 9.88. The minimum absolute atomic E-state index is 0.326. The molecule has 0 bridgehead atoms. The summed E-state index contributed by atoms with van der Waals surface area (Å²) in [6.07, 6.45) is 3.73. The highest BCUT2D eigenvalue weighted by Crippen LogP contribution is 2.42. The average Bonchev–Trinajstić information content (AvgIpc) is 3.84. The maximum absolute atomic E-state index is 5.41. The SMILES string of the molecule is CC(C)c1cccc(C(C)C)c1-c1nc2ccc(-n3c4ccccc4c4cc5c6ccccc6n(-c6ccccn6)c5cc43)cc2n1-c1ccccn1. The first kappa shape index (κ1) is 31.2. The van der Waals surface area contributed by atoms with Crippen molar-refractivity contribution in [3.8, 4) is 28.7 Å². The van der Waals surface area contributed by atoms with Gasteiger partial charge in [0, 0.05) is 45.2 Å². The summed E-state index contributed by atoms with van der Waals surface area (Å²) in [6.45, 7) is 9.06. The second-order valence-corrected chi connectivity index (χ2v) is 14.5. The fourth-order valence-corrected chi connectivity index (χ4v) is 8.34. The Balaban J connectivity index is 1.30. The van der Waals surface area contributed by atoms with Crippen LogP contribution in [-0.2, 0) is 0 Å². The number of nitrogens with zero attached hydrogens (tertiary/aromatic N) is 6. The fraction of sp³-hybridized carbons (Fsp3) is 0.128. The topological polar surface area (TPSA) is 53.5 Å². The summed E-state index contributed by atoms with van der Waals surface area (Å²) in [7, 11) is 0. The molecule has 0 aliphatic heterocycles. The van der Waals surface area contributed by atoms with Crippen molar-refractivity contribution in [3.63, 3.8) is 0 Å². The van der Waals surface area contributed by atoms with Crippen LogP contribution >= 0.6 is 0 Å². The van der Waals surface area contributed by atoms with Crippen molar-refractivity contribution in [2.24, 2.45) is 0 Å². The van der Waals surface area contributed by atoms with Gasteiger partial charge in [-0.05, 0) is 89.7 Å². The van der Waals surface area contributed by atoms with Crippen LogP contribution in [0.3, 0.4) is 0 Å². The van der Waals surface area contributed by atoms with Crippen LogP contribution in [-0.4, -0.2) is 28.7 Å². The van der Waals surface area contributed by atoms with E-state index in [1.807, 2.05) is 24.5 Å². The van der Waals surface area contributed by atoms with Gasteiger partial charge in [-0.25, -0.2) is 15.0 Å². The van der Waals surface area contributed by atoms with Crippen molar-refractivity contribution < 1.29 is 0 Å². The highest BCUT2D eigenvalue weighted by Gasteiger charge is 2.24. The maximum Gasteiger partial charge on any atom is 0.147 e. The lowest BCUT2D eigenvalue weighted by Gasteiger charge is -2.20. The van der Waals surface area contributed by atoms with Gasteiger partial charge in [0.05, 0.1) is 33.1 Å². The Kier molecular flexibility index (Phi) is 7.09. The van der Waals surface area contributed by atoms with Gasteiger partial charge in [-0.3, -0.25) is 9.13 Å². The third-order valence-corrected chi connectivity index (χ3v) is 10.7. The molecule has 0 fully saturated rings. The van der Waals surface area contributed by atoms with Crippen LogP contribution in [0.1, 0.15) is 50.7 Å². The van der Waals surface area contributed by atoms with E-state index in [0.29, 0.717) is 11.8 Å². The number of imidazole rings is 1. The molecular formula is C47H38N6. The Bertz CT molecular complexity index is 2970. The van der Waals surface area contributed by atoms with Gasteiger partial charge in [0.15, 0.2) is 0 Å². The molecule has 0 saturated heterocycles. The first-order valence-electron chi connectivity index (χ1n) is 18.4. The fourth-order valence-electron chi connectivity index (χ4n) is 8.34. The molecule has 0 unspecified atom stereocenters. The summed E-state index contributed by atoms with van der Waals surface area (Å²) < 4.78 is 6.95. The van der Waals surface area contributed by atoms with Crippen LogP contribution in [0.15, 0.2) is 146 Å². The molecular weight excluding hydrogens is 649 g/mol. The van der Waals surface area contributed by atoms with Crippen molar-refractivity contribution in [1.82, 2.24) is 28.7 Å². The molecule has 5 aromatic carbocycles. The highest BCUT2D eigenvalue weighted by molar-refractivity contribution is 6.19. The smallest absolute Gasteiger partial charge is 0.147 e. The molecule has 256 valence electrons. The molecule has 5 aromatic heterocycles. The number of para-hydroxylation sites is 2. The van der Waals surface area contributed by atoms with Crippen molar-refractivity contribution >= 4 is 54.6 Å². The number of benzene rings is 5. The van der Waals surface area contributed by atoms with Gasteiger partial charge < -0.3 is 4.57 Å². The molecule has 6 nitrogen and oxygen atoms in total. The average molecular weight is 687 g/mol. The number of aromatic nitrogens is 6. The van der Waals surface area contributed by atoms with E-state index in [0.717, 1.165) is 56.2 Å². The first-order valence-corrected chi connectivity index (χ1v) is 18.4. The minimum atomic E-state index is 0.326. The highest BCUT2D eigenvalue weighted by atomic mass is 15.1. The quantitative estimate of drug-likeness (QED) is 0.175. The summed E-state index contributed by atoms with van der Waals surface area (Å²) in [5.74, 6) is 3.32. The van der Waals surface area contributed by atoms with E-state index in [4.69, 9.17) is 15.0 Å².